The number of hydrogen-bond acceptors (Lipinski definition) is 6. The summed E-state index contributed by atoms with van der Waals surface area (Å²) in [5.41, 5.74) is 5.53. The topological polar surface area (TPSA) is 82.6 Å². The van der Waals surface area contributed by atoms with E-state index in [0.29, 0.717) is 23.2 Å². The Morgan fingerprint density at radius 2 is 1.64 bits per heavy atom. The number of benzene rings is 2. The molecule has 1 saturated heterocycles. The van der Waals surface area contributed by atoms with Crippen molar-refractivity contribution in [3.8, 4) is 0 Å². The van der Waals surface area contributed by atoms with Gasteiger partial charge < -0.3 is 4.90 Å². The largest absolute Gasteiger partial charge is 0.303 e. The molecule has 0 aliphatic carbocycles. The average Bonchev–Trinajstić information content (AvgIpc) is 3.27. The summed E-state index contributed by atoms with van der Waals surface area (Å²) in [7, 11) is 0. The van der Waals surface area contributed by atoms with Crippen molar-refractivity contribution in [2.24, 2.45) is 0 Å². The Bertz CT molecular complexity index is 1330. The molecular weight excluding hydrogens is 456 g/mol. The first-order chi connectivity index (χ1) is 16.0. The molecule has 2 aliphatic heterocycles. The molecule has 3 aromatic rings. The molecule has 1 aromatic heterocycles. The molecule has 1 N–H and O–H groups in total. The third-order valence-corrected chi connectivity index (χ3v) is 6.63. The number of anilines is 1. The molecule has 2 aromatic carbocycles. The Kier molecular flexibility index (Phi) is 5.49. The van der Waals surface area contributed by atoms with Crippen LogP contribution in [-0.4, -0.2) is 32.0 Å². The van der Waals surface area contributed by atoms with E-state index in [1.807, 2.05) is 54.6 Å². The monoisotopic (exact) mass is 472 g/mol. The van der Waals surface area contributed by atoms with Gasteiger partial charge in [-0.3, -0.25) is 24.8 Å². The lowest BCUT2D eigenvalue weighted by Gasteiger charge is -2.17. The van der Waals surface area contributed by atoms with Crippen molar-refractivity contribution >= 4 is 57.3 Å². The fraction of sp³-hybridized carbons (Fsp3) is 0.0417. The van der Waals surface area contributed by atoms with E-state index in [4.69, 9.17) is 12.2 Å². The van der Waals surface area contributed by atoms with Crippen LogP contribution < -0.4 is 10.3 Å². The minimum Gasteiger partial charge on any atom is -0.303 e. The van der Waals surface area contributed by atoms with Crippen LogP contribution in [-0.2, 0) is 16.1 Å². The van der Waals surface area contributed by atoms with Gasteiger partial charge in [0.1, 0.15) is 0 Å². The molecule has 0 bridgehead atoms. The molecule has 2 aliphatic rings. The van der Waals surface area contributed by atoms with Crippen LogP contribution in [0.15, 0.2) is 84.0 Å². The Morgan fingerprint density at radius 1 is 0.939 bits per heavy atom. The van der Waals surface area contributed by atoms with Crippen molar-refractivity contribution in [1.82, 2.24) is 15.4 Å². The number of aromatic nitrogens is 1. The van der Waals surface area contributed by atoms with Gasteiger partial charge in [0, 0.05) is 23.5 Å². The third-order valence-electron chi connectivity index (χ3n) is 5.26. The predicted octanol–water partition coefficient (Wildman–Crippen LogP) is 3.54. The summed E-state index contributed by atoms with van der Waals surface area (Å²) < 4.78 is 0.150. The first-order valence-electron chi connectivity index (χ1n) is 10.0. The molecule has 0 radical (unpaired) electrons. The van der Waals surface area contributed by atoms with Crippen molar-refractivity contribution in [3.05, 3.63) is 101 Å². The van der Waals surface area contributed by atoms with E-state index in [0.717, 1.165) is 28.0 Å². The zero-order valence-electron chi connectivity index (χ0n) is 17.1. The van der Waals surface area contributed by atoms with Gasteiger partial charge in [0.25, 0.3) is 17.7 Å². The lowest BCUT2D eigenvalue weighted by atomic mass is 10.1. The van der Waals surface area contributed by atoms with Gasteiger partial charge in [-0.15, -0.1) is 0 Å². The quantitative estimate of drug-likeness (QED) is 0.462. The highest BCUT2D eigenvalue weighted by Gasteiger charge is 2.42. The highest BCUT2D eigenvalue weighted by Crippen LogP contribution is 2.44. The van der Waals surface area contributed by atoms with E-state index >= 15 is 0 Å². The van der Waals surface area contributed by atoms with Crippen molar-refractivity contribution < 1.29 is 14.4 Å². The lowest BCUT2D eigenvalue weighted by molar-refractivity contribution is -0.124. The summed E-state index contributed by atoms with van der Waals surface area (Å²) in [5, 5.41) is 1.01. The van der Waals surface area contributed by atoms with Crippen LogP contribution in [0.1, 0.15) is 21.5 Å². The number of carbonyl (C=O) groups excluding carboxylic acids is 3. The van der Waals surface area contributed by atoms with Gasteiger partial charge in [0.05, 0.1) is 22.7 Å². The highest BCUT2D eigenvalue weighted by molar-refractivity contribution is 8.26. The second-order valence-corrected chi connectivity index (χ2v) is 8.93. The van der Waals surface area contributed by atoms with E-state index in [1.165, 1.54) is 24.5 Å². The van der Waals surface area contributed by atoms with E-state index in [-0.39, 0.29) is 15.1 Å². The first kappa shape index (κ1) is 21.0. The van der Waals surface area contributed by atoms with Gasteiger partial charge in [-0.2, -0.15) is 5.01 Å². The Morgan fingerprint density at radius 3 is 2.39 bits per heavy atom. The van der Waals surface area contributed by atoms with Crippen molar-refractivity contribution in [2.75, 3.05) is 4.90 Å². The minimum atomic E-state index is -0.535. The second kappa shape index (κ2) is 8.61. The number of fused-ring (bicyclic) bond motifs is 1. The zero-order chi connectivity index (χ0) is 22.9. The molecule has 9 heteroatoms. The second-order valence-electron chi connectivity index (χ2n) is 7.28. The fourth-order valence-electron chi connectivity index (χ4n) is 3.71. The van der Waals surface area contributed by atoms with Crippen LogP contribution in [0.5, 0.6) is 0 Å². The van der Waals surface area contributed by atoms with Crippen LogP contribution in [0.4, 0.5) is 5.69 Å². The molecule has 0 atom stereocenters. The van der Waals surface area contributed by atoms with Crippen molar-refractivity contribution in [3.63, 3.8) is 0 Å². The van der Waals surface area contributed by atoms with Gasteiger partial charge >= 0.3 is 0 Å². The minimum absolute atomic E-state index is 0.150. The molecular formula is C24H16N4O3S2. The zero-order valence-corrected chi connectivity index (χ0v) is 18.7. The lowest BCUT2D eigenvalue weighted by Crippen LogP contribution is -2.45. The summed E-state index contributed by atoms with van der Waals surface area (Å²) in [6.07, 6.45) is 2.97. The first-order valence-corrected chi connectivity index (χ1v) is 11.2. The number of hydrogen-bond donors (Lipinski definition) is 1. The maximum absolute atomic E-state index is 13.5. The Hall–Kier alpha value is -3.82. The van der Waals surface area contributed by atoms with Gasteiger partial charge in [0.2, 0.25) is 0 Å². The number of pyridine rings is 1. The van der Waals surface area contributed by atoms with Gasteiger partial charge in [0.15, 0.2) is 4.32 Å². The van der Waals surface area contributed by atoms with E-state index in [2.05, 4.69) is 10.4 Å². The van der Waals surface area contributed by atoms with E-state index in [9.17, 15) is 14.4 Å². The molecule has 0 spiro atoms. The van der Waals surface area contributed by atoms with Gasteiger partial charge in [-0.05, 0) is 36.0 Å². The smallest absolute Gasteiger partial charge is 0.286 e. The number of para-hydroxylation sites is 1. The van der Waals surface area contributed by atoms with Gasteiger partial charge in [-0.1, -0.05) is 60.3 Å². The van der Waals surface area contributed by atoms with Crippen molar-refractivity contribution in [1.29, 1.82) is 0 Å². The standard InChI is InChI=1S/C24H16N4O3S2/c29-21(16-10-12-25-13-11-16)26-28-23(31)20(33-24(28)32)19-17-8-4-5-9-18(17)27(22(19)30)14-15-6-2-1-3-7-15/h1-13H,14H2,(H,26,29). The van der Waals surface area contributed by atoms with E-state index < -0.39 is 11.8 Å². The van der Waals surface area contributed by atoms with Crippen LogP contribution in [0, 0.1) is 0 Å². The maximum Gasteiger partial charge on any atom is 0.286 e. The normalized spacial score (nSPS) is 17.5. The molecule has 0 saturated carbocycles. The number of amides is 3. The summed E-state index contributed by atoms with van der Waals surface area (Å²) in [6, 6.07) is 20.1. The summed E-state index contributed by atoms with van der Waals surface area (Å²) in [6.45, 7) is 0.374. The van der Waals surface area contributed by atoms with E-state index in [1.54, 1.807) is 4.90 Å². The number of nitrogens with zero attached hydrogens (tertiary/aromatic N) is 3. The molecule has 5 rings (SSSR count). The average molecular weight is 473 g/mol. The third kappa shape index (κ3) is 3.81. The number of hydrazine groups is 1. The molecule has 3 heterocycles. The maximum atomic E-state index is 13.5. The Labute approximate surface area is 199 Å². The number of nitrogens with one attached hydrogen (secondary N) is 1. The Balaban J connectivity index is 1.48. The number of thioether (sulfide) groups is 1. The van der Waals surface area contributed by atoms with Crippen LogP contribution in [0.25, 0.3) is 5.57 Å². The summed E-state index contributed by atoms with van der Waals surface area (Å²) in [5.74, 6) is -1.31. The summed E-state index contributed by atoms with van der Waals surface area (Å²) in [4.78, 5) is 45.0. The highest BCUT2D eigenvalue weighted by atomic mass is 32.2. The molecule has 0 unspecified atom stereocenters. The SMILES string of the molecule is O=C(NN1C(=O)C(=C2C(=O)N(Cc3ccccc3)c3ccccc32)SC1=S)c1ccncc1. The molecule has 162 valence electrons. The van der Waals surface area contributed by atoms with Crippen LogP contribution >= 0.6 is 24.0 Å². The molecule has 33 heavy (non-hydrogen) atoms. The number of carbonyl (C=O) groups is 3. The summed E-state index contributed by atoms with van der Waals surface area (Å²) >= 11 is 6.36. The molecule has 1 fully saturated rings. The predicted molar refractivity (Wildman–Crippen MR) is 130 cm³/mol. The number of thiocarbonyl (C=S) groups is 1. The number of rotatable bonds is 4. The van der Waals surface area contributed by atoms with Crippen LogP contribution in [0.3, 0.4) is 0 Å². The fourth-order valence-corrected chi connectivity index (χ4v) is 4.96. The van der Waals surface area contributed by atoms with Crippen molar-refractivity contribution in [2.45, 2.75) is 6.54 Å². The van der Waals surface area contributed by atoms with Gasteiger partial charge in [-0.25, -0.2) is 0 Å². The molecule has 3 amide bonds. The molecule has 7 nitrogen and oxygen atoms in total. The van der Waals surface area contributed by atoms with Crippen LogP contribution in [0.2, 0.25) is 0 Å².